The zero-order valence-electron chi connectivity index (χ0n) is 17.9. The number of hydrogen-bond acceptors (Lipinski definition) is 4. The fourth-order valence-corrected chi connectivity index (χ4v) is 4.01. The number of carboxylic acid groups (broad SMARTS) is 1. The number of nitrogens with zero attached hydrogens (tertiary/aromatic N) is 2. The average Bonchev–Trinajstić information content (AvgIpc) is 2.97. The molecule has 3 rings (SSSR count). The zero-order valence-corrected chi connectivity index (χ0v) is 17.9. The van der Waals surface area contributed by atoms with Crippen LogP contribution in [0.2, 0.25) is 0 Å². The molecule has 1 aromatic heterocycles. The summed E-state index contributed by atoms with van der Waals surface area (Å²) in [5.74, 6) is -1.47. The number of halogens is 4. The topological polar surface area (TPSA) is 91.8 Å². The predicted octanol–water partition coefficient (Wildman–Crippen LogP) is 3.78. The van der Waals surface area contributed by atoms with Gasteiger partial charge in [-0.05, 0) is 44.0 Å². The van der Waals surface area contributed by atoms with E-state index in [1.54, 1.807) is 19.9 Å². The summed E-state index contributed by atoms with van der Waals surface area (Å²) >= 11 is 0. The molecule has 1 aliphatic heterocycles. The molecule has 1 saturated heterocycles. The first-order valence-electron chi connectivity index (χ1n) is 10.1. The number of benzene rings is 1. The Hall–Kier alpha value is -3.21. The van der Waals surface area contributed by atoms with Gasteiger partial charge in [-0.1, -0.05) is 18.2 Å². The average molecular weight is 469 g/mol. The molecule has 2 amide bonds. The molecular weight excluding hydrogens is 446 g/mol. The number of rotatable bonds is 6. The zero-order chi connectivity index (χ0) is 24.4. The van der Waals surface area contributed by atoms with Crippen molar-refractivity contribution in [1.29, 1.82) is 0 Å². The Kier molecular flexibility index (Phi) is 6.92. The molecule has 2 atom stereocenters. The molecule has 1 aromatic carbocycles. The second-order valence-electron chi connectivity index (χ2n) is 8.12. The summed E-state index contributed by atoms with van der Waals surface area (Å²) < 4.78 is 57.8. The lowest BCUT2D eigenvalue weighted by molar-refractivity contribution is -0.123. The molecule has 0 unspecified atom stereocenters. The smallest absolute Gasteiger partial charge is 0.409 e. The van der Waals surface area contributed by atoms with E-state index >= 15 is 0 Å². The largest absolute Gasteiger partial charge is 0.465 e. The second-order valence-corrected chi connectivity index (χ2v) is 8.12. The Balaban J connectivity index is 1.90. The minimum atomic E-state index is -4.58. The van der Waals surface area contributed by atoms with Crippen molar-refractivity contribution in [3.05, 3.63) is 65.2 Å². The highest BCUT2D eigenvalue weighted by Crippen LogP contribution is 2.36. The van der Waals surface area contributed by atoms with E-state index in [0.29, 0.717) is 0 Å². The van der Waals surface area contributed by atoms with Crippen molar-refractivity contribution in [2.45, 2.75) is 50.7 Å². The maximum absolute atomic E-state index is 14.3. The number of pyridine rings is 1. The Morgan fingerprint density at radius 1 is 1.18 bits per heavy atom. The Morgan fingerprint density at radius 2 is 1.88 bits per heavy atom. The summed E-state index contributed by atoms with van der Waals surface area (Å²) in [5, 5.41) is 11.6. The minimum Gasteiger partial charge on any atom is -0.465 e. The van der Waals surface area contributed by atoms with Crippen LogP contribution in [0.1, 0.15) is 35.5 Å². The van der Waals surface area contributed by atoms with Gasteiger partial charge in [-0.25, -0.2) is 9.18 Å². The van der Waals surface area contributed by atoms with Gasteiger partial charge in [0, 0.05) is 12.6 Å². The maximum Gasteiger partial charge on any atom is 0.409 e. The number of nitrogens with one attached hydrogen (secondary N) is 1. The summed E-state index contributed by atoms with van der Waals surface area (Å²) in [6.07, 6.45) is -5.38. The van der Waals surface area contributed by atoms with E-state index < -0.39 is 48.4 Å². The lowest BCUT2D eigenvalue weighted by Crippen LogP contribution is -2.48. The Labute approximate surface area is 187 Å². The lowest BCUT2D eigenvalue weighted by Gasteiger charge is -2.31. The molecule has 0 spiro atoms. The number of aromatic nitrogens is 1. The summed E-state index contributed by atoms with van der Waals surface area (Å²) in [6, 6.07) is 7.84. The van der Waals surface area contributed by atoms with E-state index in [-0.39, 0.29) is 29.7 Å². The van der Waals surface area contributed by atoms with Crippen LogP contribution < -0.4 is 5.32 Å². The highest BCUT2D eigenvalue weighted by molar-refractivity contribution is 5.95. The molecule has 0 radical (unpaired) electrons. The van der Waals surface area contributed by atoms with Gasteiger partial charge in [-0.2, -0.15) is 13.2 Å². The van der Waals surface area contributed by atoms with E-state index in [1.165, 1.54) is 36.5 Å². The third-order valence-electron chi connectivity index (χ3n) is 5.35. The van der Waals surface area contributed by atoms with Crippen LogP contribution in [0.4, 0.5) is 22.4 Å². The maximum atomic E-state index is 14.3. The van der Waals surface area contributed by atoms with Gasteiger partial charge < -0.3 is 15.2 Å². The standard InChI is InChI=1S/C22H23F4N3O4/c1-21(2)29(20(31)32)17(10-13-6-3-4-8-15(13)23)18(33-21)11-16-14(7-5-9-27-16)19(30)28-12-22(24,25)26/h3-9,17-18H,10-12H2,1-2H3,(H,28,30)(H,31,32)/t17-,18+/m1/s1. The number of alkyl halides is 3. The first kappa shape index (κ1) is 24.4. The second kappa shape index (κ2) is 9.34. The number of carbonyl (C=O) groups excluding carboxylic acids is 1. The minimum absolute atomic E-state index is 0.00446. The number of ether oxygens (including phenoxy) is 1. The van der Waals surface area contributed by atoms with Gasteiger partial charge >= 0.3 is 12.3 Å². The van der Waals surface area contributed by atoms with Gasteiger partial charge in [-0.3, -0.25) is 14.7 Å². The molecular formula is C22H23F4N3O4. The molecule has 2 heterocycles. The van der Waals surface area contributed by atoms with Crippen LogP contribution in [0.3, 0.4) is 0 Å². The van der Waals surface area contributed by atoms with Crippen molar-refractivity contribution in [1.82, 2.24) is 15.2 Å². The first-order chi connectivity index (χ1) is 15.4. The molecule has 7 nitrogen and oxygen atoms in total. The molecule has 2 N–H and O–H groups in total. The molecule has 1 aliphatic rings. The van der Waals surface area contributed by atoms with Crippen LogP contribution >= 0.6 is 0 Å². The van der Waals surface area contributed by atoms with Crippen molar-refractivity contribution in [2.24, 2.45) is 0 Å². The summed E-state index contributed by atoms with van der Waals surface area (Å²) in [4.78, 5) is 29.6. The van der Waals surface area contributed by atoms with Crippen LogP contribution in [0, 0.1) is 5.82 Å². The van der Waals surface area contributed by atoms with Gasteiger partial charge in [0.15, 0.2) is 0 Å². The van der Waals surface area contributed by atoms with Crippen LogP contribution in [-0.4, -0.2) is 57.6 Å². The Morgan fingerprint density at radius 3 is 2.52 bits per heavy atom. The third-order valence-corrected chi connectivity index (χ3v) is 5.35. The van der Waals surface area contributed by atoms with E-state index in [0.717, 1.165) is 4.90 Å². The van der Waals surface area contributed by atoms with E-state index in [4.69, 9.17) is 4.74 Å². The van der Waals surface area contributed by atoms with Crippen molar-refractivity contribution in [2.75, 3.05) is 6.54 Å². The molecule has 0 saturated carbocycles. The van der Waals surface area contributed by atoms with E-state index in [2.05, 4.69) is 4.98 Å². The number of hydrogen-bond donors (Lipinski definition) is 2. The lowest BCUT2D eigenvalue weighted by atomic mass is 9.95. The van der Waals surface area contributed by atoms with Crippen molar-refractivity contribution in [3.63, 3.8) is 0 Å². The van der Waals surface area contributed by atoms with Gasteiger partial charge in [-0.15, -0.1) is 0 Å². The summed E-state index contributed by atoms with van der Waals surface area (Å²) in [5.41, 5.74) is -0.922. The van der Waals surface area contributed by atoms with Gasteiger partial charge in [0.25, 0.3) is 5.91 Å². The molecule has 1 fully saturated rings. The number of carbonyl (C=O) groups is 2. The van der Waals surface area contributed by atoms with Gasteiger partial charge in [0.1, 0.15) is 18.1 Å². The summed E-state index contributed by atoms with van der Waals surface area (Å²) in [7, 11) is 0. The van der Waals surface area contributed by atoms with Gasteiger partial charge in [0.05, 0.1) is 23.4 Å². The monoisotopic (exact) mass is 469 g/mol. The molecule has 178 valence electrons. The predicted molar refractivity (Wildman–Crippen MR) is 109 cm³/mol. The molecule has 33 heavy (non-hydrogen) atoms. The SMILES string of the molecule is CC1(C)O[C@@H](Cc2ncccc2C(=O)NCC(F)(F)F)[C@@H](Cc2ccccc2F)N1C(=O)O. The van der Waals surface area contributed by atoms with Crippen LogP contribution in [-0.2, 0) is 17.6 Å². The van der Waals surface area contributed by atoms with Crippen LogP contribution in [0.25, 0.3) is 0 Å². The molecule has 2 aromatic rings. The van der Waals surface area contributed by atoms with E-state index in [1.807, 2.05) is 5.32 Å². The quantitative estimate of drug-likeness (QED) is 0.629. The molecule has 0 bridgehead atoms. The fourth-order valence-electron chi connectivity index (χ4n) is 4.01. The normalized spacial score (nSPS) is 20.0. The molecule has 11 heteroatoms. The fraction of sp³-hybridized carbons (Fsp3) is 0.409. The van der Waals surface area contributed by atoms with Crippen LogP contribution in [0.15, 0.2) is 42.6 Å². The number of amides is 2. The van der Waals surface area contributed by atoms with Crippen molar-refractivity contribution in [3.8, 4) is 0 Å². The van der Waals surface area contributed by atoms with Gasteiger partial charge in [0.2, 0.25) is 0 Å². The molecule has 0 aliphatic carbocycles. The first-order valence-corrected chi connectivity index (χ1v) is 10.1. The Bertz CT molecular complexity index is 1030. The van der Waals surface area contributed by atoms with Crippen molar-refractivity contribution >= 4 is 12.0 Å². The van der Waals surface area contributed by atoms with E-state index in [9.17, 15) is 32.3 Å². The highest BCUT2D eigenvalue weighted by atomic mass is 19.4. The summed E-state index contributed by atoms with van der Waals surface area (Å²) in [6.45, 7) is 1.59. The van der Waals surface area contributed by atoms with Crippen molar-refractivity contribution < 1.29 is 37.0 Å². The highest BCUT2D eigenvalue weighted by Gasteiger charge is 2.50. The van der Waals surface area contributed by atoms with Crippen LogP contribution in [0.5, 0.6) is 0 Å². The third kappa shape index (κ3) is 5.78.